The Kier molecular flexibility index (Phi) is 9.41. The fourth-order valence-corrected chi connectivity index (χ4v) is 1.63. The van der Waals surface area contributed by atoms with E-state index in [0.717, 1.165) is 32.0 Å². The van der Waals surface area contributed by atoms with Crippen molar-refractivity contribution in [3.05, 3.63) is 35.5 Å². The molecule has 0 rings (SSSR count). The first kappa shape index (κ1) is 15.9. The maximum absolute atomic E-state index is 10.3. The van der Waals surface area contributed by atoms with Crippen LogP contribution in [0.25, 0.3) is 0 Å². The van der Waals surface area contributed by atoms with Crippen molar-refractivity contribution in [2.75, 3.05) is 0 Å². The fourth-order valence-electron chi connectivity index (χ4n) is 1.63. The summed E-state index contributed by atoms with van der Waals surface area (Å²) >= 11 is 0. The first-order valence-corrected chi connectivity index (χ1v) is 6.51. The second kappa shape index (κ2) is 10.1. The van der Waals surface area contributed by atoms with Gasteiger partial charge in [0.25, 0.3) is 0 Å². The van der Waals surface area contributed by atoms with E-state index in [9.17, 15) is 4.79 Å². The highest BCUT2D eigenvalue weighted by molar-refractivity contribution is 5.64. The van der Waals surface area contributed by atoms with Crippen molar-refractivity contribution >= 4 is 6.29 Å². The number of aldehydes is 1. The van der Waals surface area contributed by atoms with E-state index in [1.807, 2.05) is 6.08 Å². The molecule has 0 N–H and O–H groups in total. The van der Waals surface area contributed by atoms with Crippen LogP contribution in [0.2, 0.25) is 0 Å². The largest absolute Gasteiger partial charge is 0.299 e. The van der Waals surface area contributed by atoms with Crippen LogP contribution in [0, 0.1) is 5.92 Å². The van der Waals surface area contributed by atoms with Crippen LogP contribution in [0.1, 0.15) is 53.4 Å². The Hall–Kier alpha value is -1.11. The summed E-state index contributed by atoms with van der Waals surface area (Å²) in [6.07, 6.45) is 13.5. The van der Waals surface area contributed by atoms with E-state index in [1.165, 1.54) is 11.1 Å². The van der Waals surface area contributed by atoms with Gasteiger partial charge in [0.1, 0.15) is 6.29 Å². The van der Waals surface area contributed by atoms with Crippen LogP contribution >= 0.6 is 0 Å². The first-order chi connectivity index (χ1) is 8.10. The van der Waals surface area contributed by atoms with E-state index in [-0.39, 0.29) is 0 Å². The van der Waals surface area contributed by atoms with Crippen LogP contribution in [0.3, 0.4) is 0 Å². The van der Waals surface area contributed by atoms with E-state index < -0.39 is 0 Å². The Labute approximate surface area is 106 Å². The van der Waals surface area contributed by atoms with Gasteiger partial charge in [0, 0.05) is 0 Å². The smallest absolute Gasteiger partial charge is 0.142 e. The van der Waals surface area contributed by atoms with Crippen LogP contribution in [-0.4, -0.2) is 6.29 Å². The van der Waals surface area contributed by atoms with Gasteiger partial charge in [-0.25, -0.2) is 0 Å². The summed E-state index contributed by atoms with van der Waals surface area (Å²) in [4.78, 5) is 10.3. The van der Waals surface area contributed by atoms with Crippen LogP contribution in [0.5, 0.6) is 0 Å². The molecule has 0 aromatic heterocycles. The molecule has 0 amide bonds. The van der Waals surface area contributed by atoms with E-state index in [2.05, 4.69) is 39.8 Å². The highest BCUT2D eigenvalue weighted by Gasteiger charge is 1.99. The van der Waals surface area contributed by atoms with Gasteiger partial charge in [-0.2, -0.15) is 0 Å². The first-order valence-electron chi connectivity index (χ1n) is 6.51. The number of carbonyl (C=O) groups is 1. The van der Waals surface area contributed by atoms with Gasteiger partial charge >= 0.3 is 0 Å². The highest BCUT2D eigenvalue weighted by Crippen LogP contribution is 2.14. The molecule has 1 heteroatoms. The second-order valence-electron chi connectivity index (χ2n) is 4.80. The minimum absolute atomic E-state index is 0.499. The standard InChI is InChI=1S/C16H26O/c1-5-16(10-7-13-17)12-11-15(4)9-6-8-14(2)3/h7-8,10-11,13,16H,5-6,9,12H2,1-4H3. The van der Waals surface area contributed by atoms with Crippen molar-refractivity contribution in [1.29, 1.82) is 0 Å². The van der Waals surface area contributed by atoms with Crippen molar-refractivity contribution in [3.63, 3.8) is 0 Å². The summed E-state index contributed by atoms with van der Waals surface area (Å²) in [5.41, 5.74) is 2.83. The molecule has 0 bridgehead atoms. The molecular weight excluding hydrogens is 208 g/mol. The number of allylic oxidation sites excluding steroid dienone is 6. The number of rotatable bonds is 8. The third kappa shape index (κ3) is 9.80. The summed E-state index contributed by atoms with van der Waals surface area (Å²) in [6, 6.07) is 0. The highest BCUT2D eigenvalue weighted by atomic mass is 16.1. The number of hydrogen-bond acceptors (Lipinski definition) is 1. The van der Waals surface area contributed by atoms with E-state index in [0.29, 0.717) is 5.92 Å². The Morgan fingerprint density at radius 3 is 2.41 bits per heavy atom. The summed E-state index contributed by atoms with van der Waals surface area (Å²) in [6.45, 7) is 8.62. The van der Waals surface area contributed by atoms with Gasteiger partial charge in [0.15, 0.2) is 0 Å². The van der Waals surface area contributed by atoms with Crippen molar-refractivity contribution in [2.45, 2.75) is 53.4 Å². The third-order valence-corrected chi connectivity index (χ3v) is 2.85. The molecular formula is C16H26O. The Balaban J connectivity index is 4.06. The zero-order valence-corrected chi connectivity index (χ0v) is 11.7. The van der Waals surface area contributed by atoms with Crippen molar-refractivity contribution in [2.24, 2.45) is 5.92 Å². The van der Waals surface area contributed by atoms with Crippen molar-refractivity contribution in [3.8, 4) is 0 Å². The molecule has 0 aliphatic heterocycles. The molecule has 0 saturated carbocycles. The minimum atomic E-state index is 0.499. The van der Waals surface area contributed by atoms with Crippen LogP contribution in [0.15, 0.2) is 35.5 Å². The lowest BCUT2D eigenvalue weighted by Crippen LogP contribution is -1.92. The van der Waals surface area contributed by atoms with Gasteiger partial charge < -0.3 is 0 Å². The maximum Gasteiger partial charge on any atom is 0.142 e. The second-order valence-corrected chi connectivity index (χ2v) is 4.80. The SMILES string of the molecule is CCC(C=CC=O)CC=C(C)CCC=C(C)C. The molecule has 1 nitrogen and oxygen atoms in total. The van der Waals surface area contributed by atoms with Gasteiger partial charge in [-0.3, -0.25) is 4.79 Å². The summed E-state index contributed by atoms with van der Waals surface area (Å²) in [5, 5.41) is 0. The monoisotopic (exact) mass is 234 g/mol. The lowest BCUT2D eigenvalue weighted by molar-refractivity contribution is -0.104. The quantitative estimate of drug-likeness (QED) is 0.333. The van der Waals surface area contributed by atoms with Crippen molar-refractivity contribution in [1.82, 2.24) is 0 Å². The van der Waals surface area contributed by atoms with Gasteiger partial charge in [-0.05, 0) is 58.4 Å². The normalized spacial score (nSPS) is 13.8. The van der Waals surface area contributed by atoms with Crippen LogP contribution in [0.4, 0.5) is 0 Å². The van der Waals surface area contributed by atoms with Gasteiger partial charge in [-0.1, -0.05) is 36.3 Å². The molecule has 0 spiro atoms. The number of hydrogen-bond donors (Lipinski definition) is 0. The zero-order valence-electron chi connectivity index (χ0n) is 11.7. The van der Waals surface area contributed by atoms with Gasteiger partial charge in [0.05, 0.1) is 0 Å². The molecule has 0 aliphatic carbocycles. The average Bonchev–Trinajstić information content (AvgIpc) is 2.29. The zero-order chi connectivity index (χ0) is 13.1. The van der Waals surface area contributed by atoms with Gasteiger partial charge in [-0.15, -0.1) is 0 Å². The molecule has 0 aliphatic rings. The Morgan fingerprint density at radius 1 is 1.18 bits per heavy atom. The minimum Gasteiger partial charge on any atom is -0.299 e. The maximum atomic E-state index is 10.3. The summed E-state index contributed by atoms with van der Waals surface area (Å²) in [7, 11) is 0. The predicted molar refractivity (Wildman–Crippen MR) is 76.0 cm³/mol. The summed E-state index contributed by atoms with van der Waals surface area (Å²) < 4.78 is 0. The molecule has 0 fully saturated rings. The van der Waals surface area contributed by atoms with E-state index in [1.54, 1.807) is 6.08 Å². The molecule has 96 valence electrons. The van der Waals surface area contributed by atoms with Crippen LogP contribution < -0.4 is 0 Å². The predicted octanol–water partition coefficient (Wildman–Crippen LogP) is 4.85. The number of carbonyl (C=O) groups excluding carboxylic acids is 1. The topological polar surface area (TPSA) is 17.1 Å². The molecule has 0 saturated heterocycles. The molecule has 0 aromatic rings. The van der Waals surface area contributed by atoms with Crippen molar-refractivity contribution < 1.29 is 4.79 Å². The van der Waals surface area contributed by atoms with Gasteiger partial charge in [0.2, 0.25) is 0 Å². The lowest BCUT2D eigenvalue weighted by atomic mass is 9.99. The molecule has 0 heterocycles. The third-order valence-electron chi connectivity index (χ3n) is 2.85. The van der Waals surface area contributed by atoms with E-state index >= 15 is 0 Å². The molecule has 1 atom stereocenters. The summed E-state index contributed by atoms with van der Waals surface area (Å²) in [5.74, 6) is 0.499. The Bertz CT molecular complexity index is 291. The molecule has 0 aromatic carbocycles. The lowest BCUT2D eigenvalue weighted by Gasteiger charge is -2.07. The Morgan fingerprint density at radius 2 is 1.88 bits per heavy atom. The van der Waals surface area contributed by atoms with E-state index in [4.69, 9.17) is 0 Å². The average molecular weight is 234 g/mol. The molecule has 0 radical (unpaired) electrons. The van der Waals surface area contributed by atoms with Crippen LogP contribution in [-0.2, 0) is 4.79 Å². The molecule has 1 unspecified atom stereocenters. The fraction of sp³-hybridized carbons (Fsp3) is 0.562. The molecule has 17 heavy (non-hydrogen) atoms.